The summed E-state index contributed by atoms with van der Waals surface area (Å²) in [5.41, 5.74) is 0.632. The molecule has 5 nitrogen and oxygen atoms in total. The zero-order valence-corrected chi connectivity index (χ0v) is 17.4. The van der Waals surface area contributed by atoms with Gasteiger partial charge in [-0.25, -0.2) is 4.79 Å². The number of carbonyl (C=O) groups is 2. The number of unbranched alkanes of at least 4 members (excludes halogenated alkanes) is 3. The summed E-state index contributed by atoms with van der Waals surface area (Å²) in [6.45, 7) is 4.39. The molecule has 0 aromatic heterocycles. The molecule has 0 spiro atoms. The van der Waals surface area contributed by atoms with Gasteiger partial charge in [0.05, 0.1) is 20.3 Å². The van der Waals surface area contributed by atoms with Crippen molar-refractivity contribution in [1.29, 1.82) is 0 Å². The largest absolute Gasteiger partial charge is 0.497 e. The van der Waals surface area contributed by atoms with Crippen molar-refractivity contribution in [2.24, 2.45) is 0 Å². The fourth-order valence-electron chi connectivity index (χ4n) is 2.48. The van der Waals surface area contributed by atoms with E-state index < -0.39 is 0 Å². The van der Waals surface area contributed by atoms with Gasteiger partial charge in [0.25, 0.3) is 0 Å². The molecule has 0 atom stereocenters. The first-order valence-corrected chi connectivity index (χ1v) is 10.3. The monoisotopic (exact) mass is 414 g/mol. The Bertz CT molecular complexity index is 784. The van der Waals surface area contributed by atoms with Gasteiger partial charge >= 0.3 is 5.97 Å². The minimum atomic E-state index is -0.377. The summed E-state index contributed by atoms with van der Waals surface area (Å²) in [6, 6.07) is 14.6. The van der Waals surface area contributed by atoms with Crippen LogP contribution in [0.25, 0.3) is 0 Å². The summed E-state index contributed by atoms with van der Waals surface area (Å²) in [5.74, 6) is 1.13. The van der Waals surface area contributed by atoms with Crippen LogP contribution in [-0.4, -0.2) is 31.4 Å². The standard InChI is InChI=1S/C23H26O5S/c1-3-22(24)28-17-7-5-4-6-16-27-20-10-8-18(9-11-20)23(25)29-21-14-12-19(26-2)13-15-21/h3,8-15H,1,4-7,16-17H2,2H3. The molecule has 0 aliphatic rings. The molecule has 2 rings (SSSR count). The SMILES string of the molecule is C=CC(=O)OCCCCCCOc1ccc(C(=O)Sc2ccc(OC)cc2)cc1. The van der Waals surface area contributed by atoms with Gasteiger partial charge in [0, 0.05) is 16.5 Å². The van der Waals surface area contributed by atoms with Gasteiger partial charge in [-0.2, -0.15) is 0 Å². The highest BCUT2D eigenvalue weighted by atomic mass is 32.2. The Morgan fingerprint density at radius 2 is 1.52 bits per heavy atom. The lowest BCUT2D eigenvalue weighted by molar-refractivity contribution is -0.137. The lowest BCUT2D eigenvalue weighted by Crippen LogP contribution is -2.02. The summed E-state index contributed by atoms with van der Waals surface area (Å²) in [4.78, 5) is 24.1. The number of methoxy groups -OCH3 is 1. The maximum Gasteiger partial charge on any atom is 0.330 e. The third-order valence-corrected chi connectivity index (χ3v) is 5.01. The predicted molar refractivity (Wildman–Crippen MR) is 115 cm³/mol. The van der Waals surface area contributed by atoms with Crippen molar-refractivity contribution in [2.75, 3.05) is 20.3 Å². The zero-order valence-electron chi connectivity index (χ0n) is 16.6. The van der Waals surface area contributed by atoms with Crippen molar-refractivity contribution in [3.8, 4) is 11.5 Å². The first-order chi connectivity index (χ1) is 14.1. The molecule has 0 unspecified atom stereocenters. The van der Waals surface area contributed by atoms with Gasteiger partial charge in [-0.15, -0.1) is 0 Å². The van der Waals surface area contributed by atoms with E-state index in [1.807, 2.05) is 36.4 Å². The van der Waals surface area contributed by atoms with Crippen LogP contribution in [0.1, 0.15) is 36.0 Å². The summed E-state index contributed by atoms with van der Waals surface area (Å²) in [6.07, 6.45) is 4.90. The van der Waals surface area contributed by atoms with Crippen LogP contribution in [0.3, 0.4) is 0 Å². The van der Waals surface area contributed by atoms with E-state index in [1.165, 1.54) is 17.8 Å². The Labute approximate surface area is 176 Å². The van der Waals surface area contributed by atoms with Gasteiger partial charge in [-0.3, -0.25) is 4.79 Å². The van der Waals surface area contributed by atoms with Crippen LogP contribution in [0.4, 0.5) is 0 Å². The van der Waals surface area contributed by atoms with Gasteiger partial charge in [-0.1, -0.05) is 6.58 Å². The van der Waals surface area contributed by atoms with Crippen molar-refractivity contribution in [3.05, 3.63) is 66.7 Å². The van der Waals surface area contributed by atoms with Crippen LogP contribution < -0.4 is 9.47 Å². The third-order valence-electron chi connectivity index (χ3n) is 4.08. The molecule has 2 aromatic carbocycles. The number of hydrogen-bond acceptors (Lipinski definition) is 6. The lowest BCUT2D eigenvalue weighted by Gasteiger charge is -2.07. The molecule has 0 aliphatic heterocycles. The van der Waals surface area contributed by atoms with Crippen molar-refractivity contribution in [1.82, 2.24) is 0 Å². The van der Waals surface area contributed by atoms with Crippen LogP contribution in [0.15, 0.2) is 66.1 Å². The second-order valence-electron chi connectivity index (χ2n) is 6.22. The number of carbonyl (C=O) groups excluding carboxylic acids is 2. The number of ether oxygens (including phenoxy) is 3. The van der Waals surface area contributed by atoms with Crippen LogP contribution >= 0.6 is 11.8 Å². The topological polar surface area (TPSA) is 61.8 Å². The number of thioether (sulfide) groups is 1. The highest BCUT2D eigenvalue weighted by Crippen LogP contribution is 2.25. The Hall–Kier alpha value is -2.73. The van der Waals surface area contributed by atoms with E-state index in [1.54, 1.807) is 19.2 Å². The van der Waals surface area contributed by atoms with Crippen molar-refractivity contribution >= 4 is 22.8 Å². The average molecular weight is 415 g/mol. The molecule has 0 N–H and O–H groups in total. The van der Waals surface area contributed by atoms with Gasteiger partial charge < -0.3 is 14.2 Å². The van der Waals surface area contributed by atoms with Crippen molar-refractivity contribution in [3.63, 3.8) is 0 Å². The van der Waals surface area contributed by atoms with Crippen molar-refractivity contribution in [2.45, 2.75) is 30.6 Å². The number of hydrogen-bond donors (Lipinski definition) is 0. The molecule has 0 amide bonds. The van der Waals surface area contributed by atoms with E-state index in [0.717, 1.165) is 42.1 Å². The maximum atomic E-state index is 12.4. The Morgan fingerprint density at radius 3 is 2.14 bits per heavy atom. The summed E-state index contributed by atoms with van der Waals surface area (Å²) in [5, 5.41) is -0.0149. The predicted octanol–water partition coefficient (Wildman–Crippen LogP) is 5.30. The smallest absolute Gasteiger partial charge is 0.330 e. The highest BCUT2D eigenvalue weighted by molar-refractivity contribution is 8.14. The fraction of sp³-hybridized carbons (Fsp3) is 0.304. The molecule has 2 aromatic rings. The maximum absolute atomic E-state index is 12.4. The summed E-state index contributed by atoms with van der Waals surface area (Å²) in [7, 11) is 1.61. The first-order valence-electron chi connectivity index (χ1n) is 9.50. The molecular weight excluding hydrogens is 388 g/mol. The fourth-order valence-corrected chi connectivity index (χ4v) is 3.22. The molecule has 0 aliphatic carbocycles. The van der Waals surface area contributed by atoms with Gasteiger partial charge in [-0.05, 0) is 86.0 Å². The van der Waals surface area contributed by atoms with Gasteiger partial charge in [0.2, 0.25) is 5.12 Å². The van der Waals surface area contributed by atoms with E-state index in [4.69, 9.17) is 14.2 Å². The normalized spacial score (nSPS) is 10.2. The second kappa shape index (κ2) is 12.7. The summed E-state index contributed by atoms with van der Waals surface area (Å²) < 4.78 is 15.8. The van der Waals surface area contributed by atoms with E-state index in [2.05, 4.69) is 6.58 Å². The minimum Gasteiger partial charge on any atom is -0.497 e. The molecule has 154 valence electrons. The van der Waals surface area contributed by atoms with E-state index in [9.17, 15) is 9.59 Å². The van der Waals surface area contributed by atoms with E-state index in [-0.39, 0.29) is 11.1 Å². The molecule has 0 saturated carbocycles. The minimum absolute atomic E-state index is 0.0149. The lowest BCUT2D eigenvalue weighted by atomic mass is 10.2. The number of benzene rings is 2. The summed E-state index contributed by atoms with van der Waals surface area (Å²) >= 11 is 1.18. The van der Waals surface area contributed by atoms with Crippen LogP contribution in [0.5, 0.6) is 11.5 Å². The Kier molecular flexibility index (Phi) is 9.86. The highest BCUT2D eigenvalue weighted by Gasteiger charge is 2.08. The van der Waals surface area contributed by atoms with Crippen LogP contribution in [0, 0.1) is 0 Å². The van der Waals surface area contributed by atoms with Gasteiger partial charge in [0.1, 0.15) is 11.5 Å². The molecule has 0 heterocycles. The molecular formula is C23H26O5S. The zero-order chi connectivity index (χ0) is 20.9. The Morgan fingerprint density at radius 1 is 0.897 bits per heavy atom. The second-order valence-corrected chi connectivity index (χ2v) is 7.27. The quantitative estimate of drug-likeness (QED) is 0.203. The third kappa shape index (κ3) is 8.44. The van der Waals surface area contributed by atoms with Crippen LogP contribution in [-0.2, 0) is 9.53 Å². The molecule has 29 heavy (non-hydrogen) atoms. The number of rotatable bonds is 12. The molecule has 0 saturated heterocycles. The Balaban J connectivity index is 1.65. The molecule has 6 heteroatoms. The van der Waals surface area contributed by atoms with E-state index in [0.29, 0.717) is 18.8 Å². The van der Waals surface area contributed by atoms with Crippen LogP contribution in [0.2, 0.25) is 0 Å². The first kappa shape index (κ1) is 22.6. The average Bonchev–Trinajstić information content (AvgIpc) is 2.76. The molecule has 0 radical (unpaired) electrons. The number of esters is 1. The molecule has 0 bridgehead atoms. The van der Waals surface area contributed by atoms with E-state index >= 15 is 0 Å². The van der Waals surface area contributed by atoms with Crippen molar-refractivity contribution < 1.29 is 23.8 Å². The molecule has 0 fully saturated rings. The van der Waals surface area contributed by atoms with Gasteiger partial charge in [0.15, 0.2) is 0 Å².